The Morgan fingerprint density at radius 1 is 1.15 bits per heavy atom. The summed E-state index contributed by atoms with van der Waals surface area (Å²) < 4.78 is 38.3. The number of benzene rings is 1. The van der Waals surface area contributed by atoms with Crippen LogP contribution in [0, 0.1) is 0 Å². The molecule has 1 N–H and O–H groups in total. The number of fused-ring (bicyclic) bond motifs is 1. The van der Waals surface area contributed by atoms with E-state index in [-0.39, 0.29) is 12.5 Å². The zero-order valence-electron chi connectivity index (χ0n) is 13.4. The minimum atomic E-state index is -4.41. The summed E-state index contributed by atoms with van der Waals surface area (Å²) in [6, 6.07) is 6.41. The molecule has 0 saturated carbocycles. The summed E-state index contributed by atoms with van der Waals surface area (Å²) >= 11 is 0. The third kappa shape index (κ3) is 3.69. The third-order valence-electron chi connectivity index (χ3n) is 3.64. The molecule has 1 aromatic carbocycles. The van der Waals surface area contributed by atoms with Gasteiger partial charge in [-0.2, -0.15) is 13.2 Å². The zero-order valence-corrected chi connectivity index (χ0v) is 13.4. The highest BCUT2D eigenvalue weighted by Crippen LogP contribution is 2.32. The van der Waals surface area contributed by atoms with E-state index in [0.717, 1.165) is 18.2 Å². The van der Waals surface area contributed by atoms with Gasteiger partial charge in [0.15, 0.2) is 0 Å². The van der Waals surface area contributed by atoms with Crippen molar-refractivity contribution >= 4 is 16.8 Å². The molecule has 0 saturated heterocycles. The van der Waals surface area contributed by atoms with E-state index < -0.39 is 11.7 Å². The summed E-state index contributed by atoms with van der Waals surface area (Å²) in [5, 5.41) is 3.22. The molecule has 0 aliphatic carbocycles. The van der Waals surface area contributed by atoms with Gasteiger partial charge in [-0.3, -0.25) is 9.78 Å². The second kappa shape index (κ2) is 6.91. The van der Waals surface area contributed by atoms with Gasteiger partial charge in [-0.1, -0.05) is 18.7 Å². The zero-order chi connectivity index (χ0) is 18.7. The van der Waals surface area contributed by atoms with Crippen molar-refractivity contribution in [3.05, 3.63) is 66.8 Å². The first-order chi connectivity index (χ1) is 12.4. The Morgan fingerprint density at radius 2 is 1.88 bits per heavy atom. The maximum atomic E-state index is 12.8. The number of carbonyl (C=O) groups excluding carboxylic acids is 1. The summed E-state index contributed by atoms with van der Waals surface area (Å²) in [7, 11) is 0. The van der Waals surface area contributed by atoms with Crippen LogP contribution in [0.3, 0.4) is 0 Å². The number of alkyl halides is 3. The van der Waals surface area contributed by atoms with Crippen molar-refractivity contribution in [1.82, 2.24) is 20.3 Å². The van der Waals surface area contributed by atoms with Crippen molar-refractivity contribution in [2.24, 2.45) is 0 Å². The third-order valence-corrected chi connectivity index (χ3v) is 3.64. The summed E-state index contributed by atoms with van der Waals surface area (Å²) in [5.41, 5.74) is 0.766. The van der Waals surface area contributed by atoms with Crippen LogP contribution in [0.5, 0.6) is 0 Å². The van der Waals surface area contributed by atoms with Crippen molar-refractivity contribution in [2.75, 3.05) is 0 Å². The fraction of sp³-hybridized carbons (Fsp3) is 0.111. The van der Waals surface area contributed by atoms with Crippen LogP contribution in [0.2, 0.25) is 0 Å². The monoisotopic (exact) mass is 358 g/mol. The normalized spacial score (nSPS) is 11.3. The van der Waals surface area contributed by atoms with Crippen LogP contribution in [0.1, 0.15) is 11.4 Å². The topological polar surface area (TPSA) is 67.8 Å². The number of pyridine rings is 1. The highest BCUT2D eigenvalue weighted by molar-refractivity contribution is 5.91. The molecule has 0 radical (unpaired) electrons. The van der Waals surface area contributed by atoms with E-state index in [1.807, 2.05) is 0 Å². The molecule has 26 heavy (non-hydrogen) atoms. The lowest BCUT2D eigenvalue weighted by atomic mass is 10.1. The molecule has 5 nitrogen and oxygen atoms in total. The molecule has 0 aliphatic rings. The molecule has 3 aromatic rings. The van der Waals surface area contributed by atoms with Gasteiger partial charge in [0.1, 0.15) is 5.82 Å². The van der Waals surface area contributed by atoms with Crippen molar-refractivity contribution < 1.29 is 18.0 Å². The molecule has 132 valence electrons. The molecule has 3 rings (SSSR count). The van der Waals surface area contributed by atoms with E-state index in [1.54, 1.807) is 12.3 Å². The van der Waals surface area contributed by atoms with E-state index in [1.165, 1.54) is 18.3 Å². The summed E-state index contributed by atoms with van der Waals surface area (Å²) in [6.07, 6.45) is -0.197. The Kier molecular flexibility index (Phi) is 4.66. The molecule has 2 aromatic heterocycles. The van der Waals surface area contributed by atoms with Crippen LogP contribution in [0.15, 0.2) is 55.4 Å². The van der Waals surface area contributed by atoms with Crippen LogP contribution in [0.4, 0.5) is 13.2 Å². The molecule has 2 heterocycles. The number of aromatic nitrogens is 3. The lowest BCUT2D eigenvalue weighted by Crippen LogP contribution is -2.21. The maximum Gasteiger partial charge on any atom is 0.416 e. The van der Waals surface area contributed by atoms with E-state index in [2.05, 4.69) is 26.8 Å². The molecule has 1 amide bonds. The van der Waals surface area contributed by atoms with Gasteiger partial charge in [0.05, 0.1) is 29.5 Å². The van der Waals surface area contributed by atoms with E-state index in [0.29, 0.717) is 28.0 Å². The summed E-state index contributed by atoms with van der Waals surface area (Å²) in [4.78, 5) is 24.1. The number of carbonyl (C=O) groups is 1. The van der Waals surface area contributed by atoms with Crippen LogP contribution >= 0.6 is 0 Å². The van der Waals surface area contributed by atoms with Gasteiger partial charge in [0.2, 0.25) is 5.91 Å². The number of nitrogens with one attached hydrogen (secondary N) is 1. The quantitative estimate of drug-likeness (QED) is 0.725. The largest absolute Gasteiger partial charge is 0.416 e. The molecule has 0 spiro atoms. The Balaban J connectivity index is 2.05. The molecule has 8 heteroatoms. The molecule has 0 fully saturated rings. The van der Waals surface area contributed by atoms with Crippen LogP contribution < -0.4 is 5.32 Å². The van der Waals surface area contributed by atoms with Gasteiger partial charge in [-0.15, -0.1) is 0 Å². The summed E-state index contributed by atoms with van der Waals surface area (Å²) in [6.45, 7) is 3.42. The average molecular weight is 358 g/mol. The lowest BCUT2D eigenvalue weighted by molar-refractivity contribution is -0.137. The Hall–Kier alpha value is -3.29. The first kappa shape index (κ1) is 17.5. The minimum Gasteiger partial charge on any atom is -0.345 e. The molecule has 0 aliphatic heterocycles. The van der Waals surface area contributed by atoms with Gasteiger partial charge in [-0.05, 0) is 24.3 Å². The fourth-order valence-corrected chi connectivity index (χ4v) is 2.38. The van der Waals surface area contributed by atoms with Crippen molar-refractivity contribution in [3.8, 4) is 11.3 Å². The van der Waals surface area contributed by atoms with E-state index in [4.69, 9.17) is 0 Å². The Labute approximate surface area is 146 Å². The minimum absolute atomic E-state index is 0.0589. The highest BCUT2D eigenvalue weighted by atomic mass is 19.4. The van der Waals surface area contributed by atoms with Crippen molar-refractivity contribution in [3.63, 3.8) is 0 Å². The van der Waals surface area contributed by atoms with Crippen LogP contribution in [-0.4, -0.2) is 20.9 Å². The molecule has 0 unspecified atom stereocenters. The molecular formula is C18H13F3N4O. The van der Waals surface area contributed by atoms with Gasteiger partial charge < -0.3 is 5.32 Å². The first-order valence-corrected chi connectivity index (χ1v) is 7.57. The summed E-state index contributed by atoms with van der Waals surface area (Å²) in [5.74, 6) is -0.0634. The van der Waals surface area contributed by atoms with E-state index in [9.17, 15) is 18.0 Å². The van der Waals surface area contributed by atoms with Gasteiger partial charge >= 0.3 is 6.18 Å². The number of halogens is 3. The number of hydrogen-bond acceptors (Lipinski definition) is 4. The maximum absolute atomic E-state index is 12.8. The molecule has 0 atom stereocenters. The highest BCUT2D eigenvalue weighted by Gasteiger charge is 2.30. The first-order valence-electron chi connectivity index (χ1n) is 7.57. The lowest BCUT2D eigenvalue weighted by Gasteiger charge is -2.11. The number of rotatable bonds is 4. The average Bonchev–Trinajstić information content (AvgIpc) is 2.64. The number of hydrogen-bond donors (Lipinski definition) is 1. The second-order valence-electron chi connectivity index (χ2n) is 5.38. The van der Waals surface area contributed by atoms with Gasteiger partial charge in [0, 0.05) is 17.1 Å². The van der Waals surface area contributed by atoms with Crippen molar-refractivity contribution in [1.29, 1.82) is 0 Å². The Bertz CT molecular complexity index is 968. The van der Waals surface area contributed by atoms with Gasteiger partial charge in [0.25, 0.3) is 0 Å². The predicted molar refractivity (Wildman–Crippen MR) is 89.8 cm³/mol. The standard InChI is InChI=1S/C18H13F3N4O/c1-2-16(26)23-10-15-24-14-9-22-8-7-13(14)17(25-15)11-3-5-12(6-4-11)18(19,20)21/h2-9H,1,10H2,(H,23,26). The molecule has 0 bridgehead atoms. The van der Waals surface area contributed by atoms with E-state index >= 15 is 0 Å². The predicted octanol–water partition coefficient (Wildman–Crippen LogP) is 3.51. The second-order valence-corrected chi connectivity index (χ2v) is 5.38. The van der Waals surface area contributed by atoms with Gasteiger partial charge in [-0.25, -0.2) is 9.97 Å². The fourth-order valence-electron chi connectivity index (χ4n) is 2.38. The Morgan fingerprint density at radius 3 is 2.54 bits per heavy atom. The van der Waals surface area contributed by atoms with Crippen LogP contribution in [-0.2, 0) is 17.5 Å². The van der Waals surface area contributed by atoms with Crippen LogP contribution in [0.25, 0.3) is 22.2 Å². The molecular weight excluding hydrogens is 345 g/mol. The number of nitrogens with zero attached hydrogens (tertiary/aromatic N) is 3. The van der Waals surface area contributed by atoms with Crippen molar-refractivity contribution in [2.45, 2.75) is 12.7 Å². The number of amides is 1. The SMILES string of the molecule is C=CC(=O)NCc1nc(-c2ccc(C(F)(F)F)cc2)c2ccncc2n1. The smallest absolute Gasteiger partial charge is 0.345 e.